The quantitative estimate of drug-likeness (QED) is 0.394. The first kappa shape index (κ1) is 20.1. The van der Waals surface area contributed by atoms with E-state index in [4.69, 9.17) is 16.6 Å². The third kappa shape index (κ3) is 3.29. The molecule has 2 N–H and O–H groups in total. The van der Waals surface area contributed by atoms with Crippen LogP contribution in [0.2, 0.25) is 5.02 Å². The molecule has 5 rings (SSSR count). The van der Waals surface area contributed by atoms with Crippen LogP contribution in [0, 0.1) is 5.92 Å². The second-order valence-electron chi connectivity index (χ2n) is 7.74. The van der Waals surface area contributed by atoms with E-state index in [2.05, 4.69) is 19.9 Å². The Morgan fingerprint density at radius 3 is 2.66 bits per heavy atom. The van der Waals surface area contributed by atoms with Crippen LogP contribution in [0.3, 0.4) is 0 Å². The van der Waals surface area contributed by atoms with Gasteiger partial charge >= 0.3 is 5.97 Å². The number of aromatic nitrogens is 6. The van der Waals surface area contributed by atoms with Crippen LogP contribution in [0.25, 0.3) is 44.6 Å². The molecule has 0 aliphatic carbocycles. The number of hydrogen-bond acceptors (Lipinski definition) is 5. The monoisotopic (exact) mass is 446 g/mol. The Hall–Kier alpha value is -3.78. The van der Waals surface area contributed by atoms with Crippen molar-refractivity contribution in [2.24, 2.45) is 5.92 Å². The maximum absolute atomic E-state index is 11.7. The standard InChI is InChI=1S/C23H19ClN6O2/c1-12(23(31)32)13(2)30-11-19(14-3-5-25-6-4-14)18-10-28-21(29-22(18)30)17-9-27-20-16(17)7-15(24)8-26-20/h3-13H,1-2H3,(H,26,27)(H,31,32)/t12-,13-/m1/s1. The van der Waals surface area contributed by atoms with E-state index in [1.807, 2.05) is 35.9 Å². The minimum Gasteiger partial charge on any atom is -0.481 e. The summed E-state index contributed by atoms with van der Waals surface area (Å²) in [5.74, 6) is -0.967. The lowest BCUT2D eigenvalue weighted by Crippen LogP contribution is -2.21. The maximum atomic E-state index is 11.7. The van der Waals surface area contributed by atoms with E-state index in [9.17, 15) is 9.90 Å². The van der Waals surface area contributed by atoms with Gasteiger partial charge in [-0.3, -0.25) is 9.78 Å². The van der Waals surface area contributed by atoms with Gasteiger partial charge < -0.3 is 14.7 Å². The zero-order chi connectivity index (χ0) is 22.4. The van der Waals surface area contributed by atoms with Gasteiger partial charge in [-0.2, -0.15) is 0 Å². The van der Waals surface area contributed by atoms with Gasteiger partial charge in [0.2, 0.25) is 0 Å². The summed E-state index contributed by atoms with van der Waals surface area (Å²) in [6, 6.07) is 5.31. The van der Waals surface area contributed by atoms with Crippen molar-refractivity contribution >= 4 is 39.6 Å². The second-order valence-corrected chi connectivity index (χ2v) is 8.17. The smallest absolute Gasteiger partial charge is 0.308 e. The van der Waals surface area contributed by atoms with Gasteiger partial charge in [0.05, 0.1) is 10.9 Å². The van der Waals surface area contributed by atoms with Crippen molar-refractivity contribution < 1.29 is 9.90 Å². The van der Waals surface area contributed by atoms with E-state index in [-0.39, 0.29) is 6.04 Å². The Morgan fingerprint density at radius 1 is 1.12 bits per heavy atom. The highest BCUT2D eigenvalue weighted by molar-refractivity contribution is 6.31. The molecule has 0 fully saturated rings. The van der Waals surface area contributed by atoms with Crippen molar-refractivity contribution in [1.29, 1.82) is 0 Å². The van der Waals surface area contributed by atoms with Crippen molar-refractivity contribution in [2.45, 2.75) is 19.9 Å². The lowest BCUT2D eigenvalue weighted by atomic mass is 10.0. The van der Waals surface area contributed by atoms with Gasteiger partial charge in [0.25, 0.3) is 0 Å². The Morgan fingerprint density at radius 2 is 1.91 bits per heavy atom. The fraction of sp³-hybridized carbons (Fsp3) is 0.174. The van der Waals surface area contributed by atoms with Crippen LogP contribution >= 0.6 is 11.6 Å². The number of rotatable bonds is 5. The molecular weight excluding hydrogens is 428 g/mol. The number of carbonyl (C=O) groups is 1. The normalized spacial score (nSPS) is 13.5. The number of fused-ring (bicyclic) bond motifs is 2. The highest BCUT2D eigenvalue weighted by Gasteiger charge is 2.25. The van der Waals surface area contributed by atoms with E-state index in [1.54, 1.807) is 37.9 Å². The molecule has 5 aromatic rings. The highest BCUT2D eigenvalue weighted by atomic mass is 35.5. The molecule has 9 heteroatoms. The van der Waals surface area contributed by atoms with Gasteiger partial charge in [-0.05, 0) is 37.6 Å². The number of nitrogens with zero attached hydrogens (tertiary/aromatic N) is 5. The molecule has 0 spiro atoms. The average molecular weight is 447 g/mol. The third-order valence-corrected chi connectivity index (χ3v) is 6.06. The van der Waals surface area contributed by atoms with Crippen LogP contribution in [0.5, 0.6) is 0 Å². The highest BCUT2D eigenvalue weighted by Crippen LogP contribution is 2.35. The van der Waals surface area contributed by atoms with E-state index in [0.717, 1.165) is 27.5 Å². The molecule has 32 heavy (non-hydrogen) atoms. The molecule has 0 unspecified atom stereocenters. The van der Waals surface area contributed by atoms with E-state index in [1.165, 1.54) is 0 Å². The van der Waals surface area contributed by atoms with Gasteiger partial charge in [-0.1, -0.05) is 11.6 Å². The molecule has 0 radical (unpaired) electrons. The van der Waals surface area contributed by atoms with Crippen molar-refractivity contribution in [1.82, 2.24) is 29.5 Å². The number of pyridine rings is 2. The lowest BCUT2D eigenvalue weighted by Gasteiger charge is -2.18. The summed E-state index contributed by atoms with van der Waals surface area (Å²) in [7, 11) is 0. The molecular formula is C23H19ClN6O2. The molecule has 0 aromatic carbocycles. The molecule has 0 aliphatic rings. The van der Waals surface area contributed by atoms with Gasteiger partial charge in [0, 0.05) is 65.1 Å². The molecule has 0 bridgehead atoms. The summed E-state index contributed by atoms with van der Waals surface area (Å²) in [4.78, 5) is 32.7. The average Bonchev–Trinajstić information content (AvgIpc) is 3.39. The SMILES string of the molecule is C[C@H]([C@@H](C)C(=O)O)n1cc(-c2ccncc2)c2cnc(-c3c[nH]c4ncc(Cl)cc34)nc21. The first-order chi connectivity index (χ1) is 15.4. The van der Waals surface area contributed by atoms with Crippen molar-refractivity contribution in [3.8, 4) is 22.5 Å². The number of halogens is 1. The molecule has 5 aromatic heterocycles. The number of aliphatic carboxylic acids is 1. The number of H-pyrrole nitrogens is 1. The Bertz CT molecular complexity index is 1460. The predicted octanol–water partition coefficient (Wildman–Crippen LogP) is 4.97. The molecule has 0 saturated heterocycles. The molecule has 8 nitrogen and oxygen atoms in total. The minimum atomic E-state index is -0.864. The van der Waals surface area contributed by atoms with Gasteiger partial charge in [-0.25, -0.2) is 15.0 Å². The van der Waals surface area contributed by atoms with E-state index >= 15 is 0 Å². The third-order valence-electron chi connectivity index (χ3n) is 5.85. The fourth-order valence-electron chi connectivity index (χ4n) is 3.84. The Labute approximate surface area is 187 Å². The zero-order valence-electron chi connectivity index (χ0n) is 17.3. The first-order valence-corrected chi connectivity index (χ1v) is 10.5. The zero-order valence-corrected chi connectivity index (χ0v) is 18.1. The summed E-state index contributed by atoms with van der Waals surface area (Å²) in [5.41, 5.74) is 4.00. The van der Waals surface area contributed by atoms with E-state index in [0.29, 0.717) is 22.1 Å². The topological polar surface area (TPSA) is 110 Å². The summed E-state index contributed by atoms with van der Waals surface area (Å²) in [5, 5.41) is 11.8. The number of hydrogen-bond donors (Lipinski definition) is 2. The molecule has 0 saturated carbocycles. The van der Waals surface area contributed by atoms with Gasteiger partial charge in [0.15, 0.2) is 5.82 Å². The maximum Gasteiger partial charge on any atom is 0.308 e. The van der Waals surface area contributed by atoms with Crippen LogP contribution in [0.1, 0.15) is 19.9 Å². The Balaban J connectivity index is 1.74. The molecule has 2 atom stereocenters. The van der Waals surface area contributed by atoms with E-state index < -0.39 is 11.9 Å². The van der Waals surface area contributed by atoms with Crippen molar-refractivity contribution in [3.63, 3.8) is 0 Å². The van der Waals surface area contributed by atoms with Crippen LogP contribution in [0.4, 0.5) is 0 Å². The minimum absolute atomic E-state index is 0.326. The number of aromatic amines is 1. The predicted molar refractivity (Wildman–Crippen MR) is 122 cm³/mol. The molecule has 0 aliphatic heterocycles. The van der Waals surface area contributed by atoms with Crippen molar-refractivity contribution in [3.05, 3.63) is 60.4 Å². The first-order valence-electron chi connectivity index (χ1n) is 10.1. The number of carboxylic acids is 1. The molecule has 0 amide bonds. The van der Waals surface area contributed by atoms with Gasteiger partial charge in [0.1, 0.15) is 11.3 Å². The Kier molecular flexibility index (Phi) is 4.86. The summed E-state index contributed by atoms with van der Waals surface area (Å²) in [6.07, 6.45) is 10.5. The van der Waals surface area contributed by atoms with Crippen LogP contribution in [-0.2, 0) is 4.79 Å². The molecule has 160 valence electrons. The number of nitrogens with one attached hydrogen (secondary N) is 1. The van der Waals surface area contributed by atoms with Crippen LogP contribution in [-0.4, -0.2) is 40.6 Å². The van der Waals surface area contributed by atoms with Gasteiger partial charge in [-0.15, -0.1) is 0 Å². The largest absolute Gasteiger partial charge is 0.481 e. The van der Waals surface area contributed by atoms with Crippen LogP contribution < -0.4 is 0 Å². The molecule has 5 heterocycles. The fourth-order valence-corrected chi connectivity index (χ4v) is 4.00. The summed E-state index contributed by atoms with van der Waals surface area (Å²) in [6.45, 7) is 3.58. The van der Waals surface area contributed by atoms with Crippen LogP contribution in [0.15, 0.2) is 55.4 Å². The van der Waals surface area contributed by atoms with Crippen molar-refractivity contribution in [2.75, 3.05) is 0 Å². The lowest BCUT2D eigenvalue weighted by molar-refractivity contribution is -0.142. The summed E-state index contributed by atoms with van der Waals surface area (Å²) >= 11 is 6.15. The number of carboxylic acid groups (broad SMARTS) is 1. The summed E-state index contributed by atoms with van der Waals surface area (Å²) < 4.78 is 1.91. The second kappa shape index (κ2) is 7.72.